The lowest BCUT2D eigenvalue weighted by Gasteiger charge is -2.22. The van der Waals surface area contributed by atoms with E-state index in [1.807, 2.05) is 0 Å². The van der Waals surface area contributed by atoms with E-state index in [4.69, 9.17) is 14.2 Å². The highest BCUT2D eigenvalue weighted by atomic mass is 16.5. The van der Waals surface area contributed by atoms with Gasteiger partial charge in [-0.3, -0.25) is 4.79 Å². The molecular formula is C14H21NO4. The Labute approximate surface area is 114 Å². The molecule has 0 bridgehead atoms. The predicted molar refractivity (Wildman–Crippen MR) is 72.6 cm³/mol. The van der Waals surface area contributed by atoms with E-state index in [9.17, 15) is 4.79 Å². The van der Waals surface area contributed by atoms with Crippen LogP contribution >= 0.6 is 0 Å². The fraction of sp³-hybridized carbons (Fsp3) is 0.500. The first kappa shape index (κ1) is 15.5. The minimum Gasteiger partial charge on any atom is -0.497 e. The van der Waals surface area contributed by atoms with Crippen LogP contribution in [0.3, 0.4) is 0 Å². The Bertz CT molecular complexity index is 370. The Morgan fingerprint density at radius 3 is 1.95 bits per heavy atom. The Balaban J connectivity index is 2.72. The van der Waals surface area contributed by atoms with Crippen LogP contribution in [0.2, 0.25) is 0 Å². The Morgan fingerprint density at radius 2 is 1.53 bits per heavy atom. The number of methoxy groups -OCH3 is 3. The summed E-state index contributed by atoms with van der Waals surface area (Å²) in [6.07, 6.45) is 0. The summed E-state index contributed by atoms with van der Waals surface area (Å²) in [6, 6.07) is 7.07. The van der Waals surface area contributed by atoms with E-state index in [-0.39, 0.29) is 5.91 Å². The maximum atomic E-state index is 12.3. The molecule has 1 aromatic carbocycles. The number of rotatable bonds is 8. The van der Waals surface area contributed by atoms with Crippen molar-refractivity contribution in [1.29, 1.82) is 0 Å². The minimum atomic E-state index is -0.0308. The van der Waals surface area contributed by atoms with Gasteiger partial charge in [-0.05, 0) is 24.3 Å². The van der Waals surface area contributed by atoms with Crippen LogP contribution in [0.25, 0.3) is 0 Å². The van der Waals surface area contributed by atoms with Gasteiger partial charge in [-0.1, -0.05) is 0 Å². The Hall–Kier alpha value is -1.59. The van der Waals surface area contributed by atoms with Crippen LogP contribution in [-0.2, 0) is 9.47 Å². The summed E-state index contributed by atoms with van der Waals surface area (Å²) in [5.41, 5.74) is 0.632. The van der Waals surface area contributed by atoms with E-state index >= 15 is 0 Å². The van der Waals surface area contributed by atoms with Gasteiger partial charge < -0.3 is 19.1 Å². The van der Waals surface area contributed by atoms with Gasteiger partial charge in [0.25, 0.3) is 5.91 Å². The normalized spacial score (nSPS) is 10.3. The van der Waals surface area contributed by atoms with Gasteiger partial charge in [-0.15, -0.1) is 0 Å². The van der Waals surface area contributed by atoms with Gasteiger partial charge in [0, 0.05) is 32.9 Å². The fourth-order valence-corrected chi connectivity index (χ4v) is 1.63. The minimum absolute atomic E-state index is 0.0308. The highest BCUT2D eigenvalue weighted by molar-refractivity contribution is 5.94. The van der Waals surface area contributed by atoms with Gasteiger partial charge >= 0.3 is 0 Å². The first-order valence-corrected chi connectivity index (χ1v) is 6.14. The van der Waals surface area contributed by atoms with Crippen molar-refractivity contribution in [2.45, 2.75) is 0 Å². The summed E-state index contributed by atoms with van der Waals surface area (Å²) < 4.78 is 15.1. The first-order chi connectivity index (χ1) is 9.22. The number of hydrogen-bond donors (Lipinski definition) is 0. The molecule has 19 heavy (non-hydrogen) atoms. The van der Waals surface area contributed by atoms with Gasteiger partial charge in [0.1, 0.15) is 5.75 Å². The Morgan fingerprint density at radius 1 is 1.00 bits per heavy atom. The van der Waals surface area contributed by atoms with Crippen LogP contribution in [0.15, 0.2) is 24.3 Å². The second-order valence-electron chi connectivity index (χ2n) is 4.01. The van der Waals surface area contributed by atoms with Gasteiger partial charge in [0.2, 0.25) is 0 Å². The molecule has 0 saturated heterocycles. The second kappa shape index (κ2) is 8.50. The first-order valence-electron chi connectivity index (χ1n) is 6.14. The van der Waals surface area contributed by atoms with Gasteiger partial charge in [-0.25, -0.2) is 0 Å². The predicted octanol–water partition coefficient (Wildman–Crippen LogP) is 1.43. The molecule has 0 atom stereocenters. The van der Waals surface area contributed by atoms with Gasteiger partial charge in [0.15, 0.2) is 0 Å². The molecule has 106 valence electrons. The van der Waals surface area contributed by atoms with Crippen LogP contribution in [0, 0.1) is 0 Å². The molecule has 5 nitrogen and oxygen atoms in total. The van der Waals surface area contributed by atoms with E-state index in [1.54, 1.807) is 50.5 Å². The van der Waals surface area contributed by atoms with Crippen LogP contribution in [0.1, 0.15) is 10.4 Å². The molecule has 0 heterocycles. The van der Waals surface area contributed by atoms with E-state index < -0.39 is 0 Å². The molecule has 0 aliphatic rings. The van der Waals surface area contributed by atoms with E-state index in [1.165, 1.54) is 0 Å². The second-order valence-corrected chi connectivity index (χ2v) is 4.01. The maximum Gasteiger partial charge on any atom is 0.254 e. The zero-order valence-corrected chi connectivity index (χ0v) is 11.7. The van der Waals surface area contributed by atoms with E-state index in [2.05, 4.69) is 0 Å². The SMILES string of the molecule is COCCN(CCOC)C(=O)c1ccc(OC)cc1. The number of benzene rings is 1. The van der Waals surface area contributed by atoms with Crippen LogP contribution in [0.5, 0.6) is 5.75 Å². The van der Waals surface area contributed by atoms with Crippen molar-refractivity contribution < 1.29 is 19.0 Å². The van der Waals surface area contributed by atoms with Crippen molar-refractivity contribution in [2.75, 3.05) is 47.6 Å². The summed E-state index contributed by atoms with van der Waals surface area (Å²) in [6.45, 7) is 2.10. The number of nitrogens with zero attached hydrogens (tertiary/aromatic N) is 1. The molecule has 1 rings (SSSR count). The van der Waals surface area contributed by atoms with Crippen LogP contribution in [-0.4, -0.2) is 58.4 Å². The standard InChI is InChI=1S/C14H21NO4/c1-17-10-8-15(9-11-18-2)14(16)12-4-6-13(19-3)7-5-12/h4-7H,8-11H2,1-3H3. The molecule has 5 heteroatoms. The van der Waals surface area contributed by atoms with Crippen molar-refractivity contribution >= 4 is 5.91 Å². The highest BCUT2D eigenvalue weighted by Gasteiger charge is 2.15. The number of amides is 1. The Kier molecular flexibility index (Phi) is 6.92. The van der Waals surface area contributed by atoms with Crippen LogP contribution < -0.4 is 4.74 Å². The van der Waals surface area contributed by atoms with Crippen molar-refractivity contribution in [3.63, 3.8) is 0 Å². The zero-order valence-electron chi connectivity index (χ0n) is 11.7. The molecule has 0 N–H and O–H groups in total. The van der Waals surface area contributed by atoms with E-state index in [0.29, 0.717) is 31.9 Å². The largest absolute Gasteiger partial charge is 0.497 e. The van der Waals surface area contributed by atoms with Crippen LogP contribution in [0.4, 0.5) is 0 Å². The van der Waals surface area contributed by atoms with Gasteiger partial charge in [0.05, 0.1) is 20.3 Å². The molecule has 0 unspecified atom stereocenters. The topological polar surface area (TPSA) is 48.0 Å². The number of carbonyl (C=O) groups excluding carboxylic acids is 1. The third kappa shape index (κ3) is 4.89. The molecule has 0 fully saturated rings. The van der Waals surface area contributed by atoms with Crippen molar-refractivity contribution in [2.24, 2.45) is 0 Å². The van der Waals surface area contributed by atoms with Crippen molar-refractivity contribution in [3.8, 4) is 5.75 Å². The average molecular weight is 267 g/mol. The zero-order chi connectivity index (χ0) is 14.1. The molecule has 0 aliphatic carbocycles. The van der Waals surface area contributed by atoms with Gasteiger partial charge in [-0.2, -0.15) is 0 Å². The maximum absolute atomic E-state index is 12.3. The molecule has 1 aromatic rings. The number of hydrogen-bond acceptors (Lipinski definition) is 4. The molecule has 0 radical (unpaired) electrons. The lowest BCUT2D eigenvalue weighted by atomic mass is 10.2. The molecule has 1 amide bonds. The number of ether oxygens (including phenoxy) is 3. The number of carbonyl (C=O) groups is 1. The molecule has 0 saturated carbocycles. The quantitative estimate of drug-likeness (QED) is 0.715. The summed E-state index contributed by atoms with van der Waals surface area (Å²) in [5.74, 6) is 0.702. The molecule has 0 aliphatic heterocycles. The fourth-order valence-electron chi connectivity index (χ4n) is 1.63. The molecule has 0 aromatic heterocycles. The average Bonchev–Trinajstić information content (AvgIpc) is 2.47. The summed E-state index contributed by atoms with van der Waals surface area (Å²) in [7, 11) is 4.83. The lowest BCUT2D eigenvalue weighted by molar-refractivity contribution is 0.0627. The highest BCUT2D eigenvalue weighted by Crippen LogP contribution is 2.13. The molecule has 0 spiro atoms. The third-order valence-corrected chi connectivity index (χ3v) is 2.75. The molecular weight excluding hydrogens is 246 g/mol. The van der Waals surface area contributed by atoms with Crippen molar-refractivity contribution in [1.82, 2.24) is 4.90 Å². The monoisotopic (exact) mass is 267 g/mol. The third-order valence-electron chi connectivity index (χ3n) is 2.75. The van der Waals surface area contributed by atoms with E-state index in [0.717, 1.165) is 5.75 Å². The lowest BCUT2D eigenvalue weighted by Crippen LogP contribution is -2.36. The summed E-state index contributed by atoms with van der Waals surface area (Å²) in [4.78, 5) is 14.0. The summed E-state index contributed by atoms with van der Waals surface area (Å²) >= 11 is 0. The van der Waals surface area contributed by atoms with Crippen molar-refractivity contribution in [3.05, 3.63) is 29.8 Å². The smallest absolute Gasteiger partial charge is 0.254 e. The summed E-state index contributed by atoms with van der Waals surface area (Å²) in [5, 5.41) is 0.